The summed E-state index contributed by atoms with van der Waals surface area (Å²) >= 11 is 0. The van der Waals surface area contributed by atoms with E-state index in [1.54, 1.807) is 26.0 Å². The fraction of sp³-hybridized carbons (Fsp3) is 0.355. The first kappa shape index (κ1) is 33.7. The van der Waals surface area contributed by atoms with Gasteiger partial charge in [0, 0.05) is 25.2 Å². The van der Waals surface area contributed by atoms with E-state index in [2.05, 4.69) is 10.6 Å². The minimum Gasteiger partial charge on any atom is -0.486 e. The van der Waals surface area contributed by atoms with Crippen molar-refractivity contribution >= 4 is 33.3 Å². The molecule has 3 amide bonds. The van der Waals surface area contributed by atoms with E-state index in [-0.39, 0.29) is 47.3 Å². The van der Waals surface area contributed by atoms with Crippen LogP contribution in [0.5, 0.6) is 5.75 Å². The number of rotatable bonds is 8. The van der Waals surface area contributed by atoms with Gasteiger partial charge in [0.2, 0.25) is 10.0 Å². The third-order valence-electron chi connectivity index (χ3n) is 7.58. The molecule has 242 valence electrons. The summed E-state index contributed by atoms with van der Waals surface area (Å²) in [7, 11) is -2.49. The number of fused-ring (bicyclic) bond motifs is 1. The van der Waals surface area contributed by atoms with Crippen LogP contribution in [-0.2, 0) is 16.2 Å². The first-order valence-electron chi connectivity index (χ1n) is 14.1. The number of halogens is 3. The lowest BCUT2D eigenvalue weighted by Gasteiger charge is -2.38. The highest BCUT2D eigenvalue weighted by Gasteiger charge is 2.36. The third-order valence-corrected chi connectivity index (χ3v) is 9.41. The van der Waals surface area contributed by atoms with Crippen LogP contribution in [-0.4, -0.2) is 73.6 Å². The van der Waals surface area contributed by atoms with E-state index in [1.165, 1.54) is 42.3 Å². The summed E-state index contributed by atoms with van der Waals surface area (Å²) in [6, 6.07) is 13.4. The van der Waals surface area contributed by atoms with Crippen LogP contribution in [0.1, 0.15) is 35.3 Å². The smallest absolute Gasteiger partial charge is 0.416 e. The number of amides is 3. The largest absolute Gasteiger partial charge is 0.486 e. The van der Waals surface area contributed by atoms with Crippen molar-refractivity contribution in [3.63, 3.8) is 0 Å². The molecular weight excluding hydrogens is 613 g/mol. The number of carbonyl (C=O) groups is 2. The SMILES string of the molecule is Cc1ccc(S(=O)(=O)N(C)C[C@H]2Oc3c(NC(=O)Nc4ccc(C(F)(F)F)cc4)cccc3C(=O)N([C@H](C)CO)C[C@H]2C)cc1. The van der Waals surface area contributed by atoms with Crippen molar-refractivity contribution < 1.29 is 41.0 Å². The van der Waals surface area contributed by atoms with E-state index in [4.69, 9.17) is 4.74 Å². The van der Waals surface area contributed by atoms with Crippen molar-refractivity contribution in [2.45, 2.75) is 44.0 Å². The molecule has 0 fully saturated rings. The molecule has 1 aliphatic heterocycles. The van der Waals surface area contributed by atoms with Crippen molar-refractivity contribution in [1.29, 1.82) is 0 Å². The minimum absolute atomic E-state index is 0.0158. The van der Waals surface area contributed by atoms with Crippen LogP contribution >= 0.6 is 0 Å². The Hall–Kier alpha value is -4.14. The number of ether oxygens (including phenoxy) is 1. The number of hydrogen-bond donors (Lipinski definition) is 3. The average molecular weight is 649 g/mol. The maximum atomic E-state index is 13.7. The number of nitrogens with one attached hydrogen (secondary N) is 2. The number of anilines is 2. The number of carbonyl (C=O) groups excluding carboxylic acids is 2. The van der Waals surface area contributed by atoms with Crippen LogP contribution in [0.3, 0.4) is 0 Å². The Kier molecular flexibility index (Phi) is 10.1. The van der Waals surface area contributed by atoms with Crippen molar-refractivity contribution in [2.75, 3.05) is 37.4 Å². The monoisotopic (exact) mass is 648 g/mol. The molecule has 3 aromatic carbocycles. The van der Waals surface area contributed by atoms with Crippen molar-refractivity contribution in [1.82, 2.24) is 9.21 Å². The molecule has 3 aromatic rings. The van der Waals surface area contributed by atoms with Gasteiger partial charge in [0.1, 0.15) is 6.10 Å². The molecule has 1 aliphatic rings. The number of benzene rings is 3. The van der Waals surface area contributed by atoms with E-state index in [9.17, 15) is 36.3 Å². The maximum absolute atomic E-state index is 13.7. The molecule has 4 rings (SSSR count). The summed E-state index contributed by atoms with van der Waals surface area (Å²) in [6.45, 7) is 5.02. The van der Waals surface area contributed by atoms with Crippen molar-refractivity contribution in [2.24, 2.45) is 5.92 Å². The van der Waals surface area contributed by atoms with Gasteiger partial charge in [-0.3, -0.25) is 4.79 Å². The molecule has 1 heterocycles. The Bertz CT molecular complexity index is 1630. The predicted octanol–water partition coefficient (Wildman–Crippen LogP) is 5.20. The lowest BCUT2D eigenvalue weighted by atomic mass is 9.99. The van der Waals surface area contributed by atoms with E-state index in [1.807, 2.05) is 6.92 Å². The van der Waals surface area contributed by atoms with Crippen molar-refractivity contribution in [3.8, 4) is 5.75 Å². The number of likely N-dealkylation sites (N-methyl/N-ethyl adjacent to an activating group) is 1. The Labute approximate surface area is 259 Å². The first-order chi connectivity index (χ1) is 21.1. The summed E-state index contributed by atoms with van der Waals surface area (Å²) in [4.78, 5) is 28.2. The standard InChI is InChI=1S/C31H35F3N4O6S/c1-19-8-14-24(15-9-19)45(42,43)37(4)17-27-20(2)16-38(21(3)18-39)29(40)25-6-5-7-26(28(25)44-27)36-30(41)35-23-12-10-22(11-13-23)31(32,33)34/h5-15,20-21,27,39H,16-18H2,1-4H3,(H2,35,36,41)/t20-,21-,27-/m1/s1. The van der Waals surface area contributed by atoms with Gasteiger partial charge in [-0.05, 0) is 62.4 Å². The second-order valence-corrected chi connectivity index (χ2v) is 13.1. The molecule has 3 atom stereocenters. The fourth-order valence-electron chi connectivity index (χ4n) is 4.83. The van der Waals surface area contributed by atoms with Crippen LogP contribution in [0.15, 0.2) is 71.6 Å². The Morgan fingerprint density at radius 2 is 1.73 bits per heavy atom. The zero-order valence-electron chi connectivity index (χ0n) is 25.1. The highest BCUT2D eigenvalue weighted by atomic mass is 32.2. The zero-order valence-corrected chi connectivity index (χ0v) is 25.9. The Balaban J connectivity index is 1.65. The Morgan fingerprint density at radius 3 is 2.33 bits per heavy atom. The van der Waals surface area contributed by atoms with Crippen LogP contribution in [0, 0.1) is 12.8 Å². The Morgan fingerprint density at radius 1 is 1.09 bits per heavy atom. The normalized spacial score (nSPS) is 18.0. The molecule has 0 aromatic heterocycles. The van der Waals surface area contributed by atoms with Crippen LogP contribution in [0.25, 0.3) is 0 Å². The molecule has 0 radical (unpaired) electrons. The number of urea groups is 1. The maximum Gasteiger partial charge on any atom is 0.416 e. The third kappa shape index (κ3) is 7.75. The number of alkyl halides is 3. The molecule has 0 saturated heterocycles. The van der Waals surface area contributed by atoms with E-state index in [0.717, 1.165) is 34.1 Å². The van der Waals surface area contributed by atoms with E-state index < -0.39 is 51.8 Å². The molecule has 10 nitrogen and oxygen atoms in total. The summed E-state index contributed by atoms with van der Waals surface area (Å²) in [5.41, 5.74) is 0.263. The number of aryl methyl sites for hydroxylation is 1. The molecule has 0 unspecified atom stereocenters. The lowest BCUT2D eigenvalue weighted by molar-refractivity contribution is -0.137. The molecule has 0 aliphatic carbocycles. The summed E-state index contributed by atoms with van der Waals surface area (Å²) in [5.74, 6) is -0.914. The number of aliphatic hydroxyl groups excluding tert-OH is 1. The van der Waals surface area contributed by atoms with Gasteiger partial charge in [-0.2, -0.15) is 17.5 Å². The van der Waals surface area contributed by atoms with Crippen LogP contribution in [0.2, 0.25) is 0 Å². The van der Waals surface area contributed by atoms with Gasteiger partial charge in [0.15, 0.2) is 5.75 Å². The van der Waals surface area contributed by atoms with Crippen LogP contribution < -0.4 is 15.4 Å². The molecular formula is C31H35F3N4O6S. The van der Waals surface area contributed by atoms with Crippen LogP contribution in [0.4, 0.5) is 29.3 Å². The second kappa shape index (κ2) is 13.5. The number of para-hydroxylation sites is 1. The van der Waals surface area contributed by atoms with Gasteiger partial charge in [-0.25, -0.2) is 13.2 Å². The van der Waals surface area contributed by atoms with Gasteiger partial charge in [-0.1, -0.05) is 30.7 Å². The quantitative estimate of drug-likeness (QED) is 0.308. The van der Waals surface area contributed by atoms with Gasteiger partial charge in [0.25, 0.3) is 5.91 Å². The molecule has 45 heavy (non-hydrogen) atoms. The molecule has 0 spiro atoms. The number of aliphatic hydroxyl groups is 1. The summed E-state index contributed by atoms with van der Waals surface area (Å²) in [6.07, 6.45) is -5.34. The number of nitrogens with zero attached hydrogens (tertiary/aromatic N) is 2. The van der Waals surface area contributed by atoms with Gasteiger partial charge in [0.05, 0.1) is 40.9 Å². The summed E-state index contributed by atoms with van der Waals surface area (Å²) in [5, 5.41) is 14.9. The van der Waals surface area contributed by atoms with E-state index in [0.29, 0.717) is 0 Å². The van der Waals surface area contributed by atoms with Gasteiger partial charge >= 0.3 is 12.2 Å². The number of sulfonamides is 1. The summed E-state index contributed by atoms with van der Waals surface area (Å²) < 4.78 is 73.1. The topological polar surface area (TPSA) is 128 Å². The fourth-order valence-corrected chi connectivity index (χ4v) is 6.01. The molecule has 14 heteroatoms. The zero-order chi connectivity index (χ0) is 33.1. The molecule has 0 bridgehead atoms. The van der Waals surface area contributed by atoms with E-state index >= 15 is 0 Å². The highest BCUT2D eigenvalue weighted by molar-refractivity contribution is 7.89. The molecule has 0 saturated carbocycles. The second-order valence-electron chi connectivity index (χ2n) is 11.1. The predicted molar refractivity (Wildman–Crippen MR) is 163 cm³/mol. The lowest BCUT2D eigenvalue weighted by Crippen LogP contribution is -2.50. The minimum atomic E-state index is -4.53. The van der Waals surface area contributed by atoms with Crippen molar-refractivity contribution in [3.05, 3.63) is 83.4 Å². The average Bonchev–Trinajstić information content (AvgIpc) is 2.98. The first-order valence-corrected chi connectivity index (χ1v) is 15.6. The highest BCUT2D eigenvalue weighted by Crippen LogP contribution is 2.36. The van der Waals surface area contributed by atoms with Gasteiger partial charge < -0.3 is 25.4 Å². The van der Waals surface area contributed by atoms with Gasteiger partial charge in [-0.15, -0.1) is 0 Å². The molecule has 3 N–H and O–H groups in total. The number of hydrogen-bond acceptors (Lipinski definition) is 6.